The largest absolute Gasteiger partial charge is 0.393 e. The highest BCUT2D eigenvalue weighted by Gasteiger charge is 2.26. The average Bonchev–Trinajstić information content (AvgIpc) is 2.27. The van der Waals surface area contributed by atoms with Gasteiger partial charge in [0.05, 0.1) is 11.9 Å². The first-order valence-corrected chi connectivity index (χ1v) is 6.98. The Labute approximate surface area is 106 Å². The Kier molecular flexibility index (Phi) is 5.77. The minimum Gasteiger partial charge on any atom is -0.393 e. The van der Waals surface area contributed by atoms with Crippen LogP contribution in [0.25, 0.3) is 0 Å². The number of rotatable bonds is 5. The number of nitrogens with zero attached hydrogens (tertiary/aromatic N) is 1. The third kappa shape index (κ3) is 4.95. The lowest BCUT2D eigenvalue weighted by Crippen LogP contribution is -2.45. The molecule has 3 N–H and O–H groups in total. The minimum absolute atomic E-state index is 0.0979. The zero-order valence-electron chi connectivity index (χ0n) is 10.1. The van der Waals surface area contributed by atoms with Crippen LogP contribution >= 0.6 is 11.8 Å². The topological polar surface area (TPSA) is 83.6 Å². The molecule has 1 rings (SSSR count). The summed E-state index contributed by atoms with van der Waals surface area (Å²) < 4.78 is 0. The molecule has 0 radical (unpaired) electrons. The van der Waals surface area contributed by atoms with Gasteiger partial charge in [0.15, 0.2) is 0 Å². The summed E-state index contributed by atoms with van der Waals surface area (Å²) in [7, 11) is 0. The van der Waals surface area contributed by atoms with Crippen molar-refractivity contribution >= 4 is 23.6 Å². The van der Waals surface area contributed by atoms with Crippen LogP contribution in [0.15, 0.2) is 0 Å². The fourth-order valence-electron chi connectivity index (χ4n) is 1.85. The van der Waals surface area contributed by atoms with E-state index in [-0.39, 0.29) is 29.6 Å². The molecule has 1 heterocycles. The van der Waals surface area contributed by atoms with Crippen LogP contribution in [0.2, 0.25) is 0 Å². The Hall–Kier alpha value is -0.750. The molecule has 2 atom stereocenters. The number of carbonyl (C=O) groups excluding carboxylic acids is 2. The SMILES string of the molecule is CC1CN(C(=O)CCSCC(N)=O)CCC1O. The molecule has 5 nitrogen and oxygen atoms in total. The number of aliphatic hydroxyl groups is 1. The number of nitrogens with two attached hydrogens (primary N) is 1. The number of likely N-dealkylation sites (tertiary alicyclic amines) is 1. The number of carbonyl (C=O) groups is 2. The molecule has 1 saturated heterocycles. The van der Waals surface area contributed by atoms with Crippen molar-refractivity contribution in [3.05, 3.63) is 0 Å². The van der Waals surface area contributed by atoms with Crippen LogP contribution in [0.4, 0.5) is 0 Å². The predicted molar refractivity (Wildman–Crippen MR) is 67.5 cm³/mol. The highest BCUT2D eigenvalue weighted by Crippen LogP contribution is 2.17. The summed E-state index contributed by atoms with van der Waals surface area (Å²) in [5.74, 6) is 0.779. The van der Waals surface area contributed by atoms with Gasteiger partial charge in [-0.15, -0.1) is 0 Å². The summed E-state index contributed by atoms with van der Waals surface area (Å²) in [4.78, 5) is 24.1. The van der Waals surface area contributed by atoms with Crippen molar-refractivity contribution < 1.29 is 14.7 Å². The zero-order chi connectivity index (χ0) is 12.8. The van der Waals surface area contributed by atoms with Crippen molar-refractivity contribution in [1.29, 1.82) is 0 Å². The Morgan fingerprint density at radius 3 is 2.82 bits per heavy atom. The normalized spacial score (nSPS) is 24.7. The zero-order valence-corrected chi connectivity index (χ0v) is 10.9. The Bertz CT molecular complexity index is 286. The molecule has 0 saturated carbocycles. The van der Waals surface area contributed by atoms with E-state index < -0.39 is 0 Å². The maximum Gasteiger partial charge on any atom is 0.227 e. The summed E-state index contributed by atoms with van der Waals surface area (Å²) in [5.41, 5.74) is 5.00. The summed E-state index contributed by atoms with van der Waals surface area (Å²) in [6.45, 7) is 3.21. The molecular formula is C11H20N2O3S. The molecule has 1 aliphatic rings. The second kappa shape index (κ2) is 6.86. The highest BCUT2D eigenvalue weighted by molar-refractivity contribution is 7.99. The molecule has 98 valence electrons. The fourth-order valence-corrected chi connectivity index (χ4v) is 2.51. The van der Waals surface area contributed by atoms with Crippen LogP contribution in [0.5, 0.6) is 0 Å². The lowest BCUT2D eigenvalue weighted by molar-refractivity contribution is -0.134. The second-order valence-electron chi connectivity index (χ2n) is 4.44. The number of thioether (sulfide) groups is 1. The van der Waals surface area contributed by atoms with Gasteiger partial charge in [-0.2, -0.15) is 11.8 Å². The maximum absolute atomic E-state index is 11.8. The number of hydrogen-bond acceptors (Lipinski definition) is 4. The Balaban J connectivity index is 2.21. The van der Waals surface area contributed by atoms with E-state index >= 15 is 0 Å². The highest BCUT2D eigenvalue weighted by atomic mass is 32.2. The monoisotopic (exact) mass is 260 g/mol. The lowest BCUT2D eigenvalue weighted by atomic mass is 9.96. The molecule has 2 unspecified atom stereocenters. The molecule has 17 heavy (non-hydrogen) atoms. The van der Waals surface area contributed by atoms with E-state index in [0.717, 1.165) is 0 Å². The Morgan fingerprint density at radius 1 is 1.53 bits per heavy atom. The van der Waals surface area contributed by atoms with Crippen molar-refractivity contribution in [2.24, 2.45) is 11.7 Å². The molecule has 0 aliphatic carbocycles. The molecular weight excluding hydrogens is 240 g/mol. The van der Waals surface area contributed by atoms with Gasteiger partial charge >= 0.3 is 0 Å². The average molecular weight is 260 g/mol. The number of aliphatic hydroxyl groups excluding tert-OH is 1. The lowest BCUT2D eigenvalue weighted by Gasteiger charge is -2.34. The van der Waals surface area contributed by atoms with Gasteiger partial charge in [0.2, 0.25) is 11.8 Å². The van der Waals surface area contributed by atoms with Gasteiger partial charge in [0.1, 0.15) is 0 Å². The van der Waals surface area contributed by atoms with Crippen molar-refractivity contribution in [3.63, 3.8) is 0 Å². The van der Waals surface area contributed by atoms with Crippen LogP contribution in [0.1, 0.15) is 19.8 Å². The maximum atomic E-state index is 11.8. The van der Waals surface area contributed by atoms with Crippen molar-refractivity contribution in [2.45, 2.75) is 25.9 Å². The van der Waals surface area contributed by atoms with Gasteiger partial charge in [-0.1, -0.05) is 6.92 Å². The smallest absolute Gasteiger partial charge is 0.227 e. The van der Waals surface area contributed by atoms with E-state index in [9.17, 15) is 14.7 Å². The van der Waals surface area contributed by atoms with Crippen LogP contribution in [0.3, 0.4) is 0 Å². The summed E-state index contributed by atoms with van der Waals surface area (Å²) in [5, 5.41) is 9.56. The molecule has 2 amide bonds. The molecule has 1 aliphatic heterocycles. The number of piperidine rings is 1. The van der Waals surface area contributed by atoms with Gasteiger partial charge in [0, 0.05) is 25.3 Å². The van der Waals surface area contributed by atoms with Crippen LogP contribution in [-0.2, 0) is 9.59 Å². The minimum atomic E-state index is -0.350. The van der Waals surface area contributed by atoms with Crippen LogP contribution in [0, 0.1) is 5.92 Å². The van der Waals surface area contributed by atoms with Crippen molar-refractivity contribution in [2.75, 3.05) is 24.6 Å². The molecule has 0 aromatic rings. The van der Waals surface area contributed by atoms with Gasteiger partial charge in [-0.05, 0) is 12.3 Å². The van der Waals surface area contributed by atoms with Gasteiger partial charge in [-0.25, -0.2) is 0 Å². The summed E-state index contributed by atoms with van der Waals surface area (Å²) in [6, 6.07) is 0. The van der Waals surface area contributed by atoms with Crippen LogP contribution < -0.4 is 5.73 Å². The van der Waals surface area contributed by atoms with Crippen molar-refractivity contribution in [3.8, 4) is 0 Å². The molecule has 0 spiro atoms. The van der Waals surface area contributed by atoms with E-state index in [4.69, 9.17) is 5.73 Å². The quantitative estimate of drug-likeness (QED) is 0.672. The third-order valence-electron chi connectivity index (χ3n) is 2.92. The molecule has 1 fully saturated rings. The Morgan fingerprint density at radius 2 is 2.24 bits per heavy atom. The summed E-state index contributed by atoms with van der Waals surface area (Å²) >= 11 is 1.38. The van der Waals surface area contributed by atoms with Crippen molar-refractivity contribution in [1.82, 2.24) is 4.90 Å². The standard InChI is InChI=1S/C11H20N2O3S/c1-8-6-13(4-2-9(8)14)11(16)3-5-17-7-10(12)15/h8-9,14H,2-7H2,1H3,(H2,12,15). The first-order chi connectivity index (χ1) is 8.00. The van der Waals surface area contributed by atoms with E-state index in [1.807, 2.05) is 6.92 Å². The van der Waals surface area contributed by atoms with E-state index in [1.165, 1.54) is 11.8 Å². The molecule has 0 bridgehead atoms. The number of primary amides is 1. The predicted octanol–water partition coefficient (Wildman–Crippen LogP) is -0.176. The van der Waals surface area contributed by atoms with Gasteiger partial charge in [0.25, 0.3) is 0 Å². The van der Waals surface area contributed by atoms with Gasteiger partial charge < -0.3 is 15.7 Å². The molecule has 6 heteroatoms. The summed E-state index contributed by atoms with van der Waals surface area (Å²) in [6.07, 6.45) is 0.797. The van der Waals surface area contributed by atoms with Crippen LogP contribution in [-0.4, -0.2) is 52.5 Å². The molecule has 0 aromatic carbocycles. The first kappa shape index (κ1) is 14.3. The first-order valence-electron chi connectivity index (χ1n) is 5.82. The fraction of sp³-hybridized carbons (Fsp3) is 0.818. The third-order valence-corrected chi connectivity index (χ3v) is 3.90. The number of hydrogen-bond donors (Lipinski definition) is 2. The van der Waals surface area contributed by atoms with E-state index in [1.54, 1.807) is 4.90 Å². The molecule has 0 aromatic heterocycles. The van der Waals surface area contributed by atoms with Gasteiger partial charge in [-0.3, -0.25) is 9.59 Å². The van der Waals surface area contributed by atoms with E-state index in [0.29, 0.717) is 31.7 Å². The number of amides is 2. The second-order valence-corrected chi connectivity index (χ2v) is 5.55. The van der Waals surface area contributed by atoms with E-state index in [2.05, 4.69) is 0 Å².